The first-order valence-electron chi connectivity index (χ1n) is 7.79. The van der Waals surface area contributed by atoms with E-state index in [0.717, 1.165) is 11.1 Å². The molecule has 0 aliphatic carbocycles. The molecule has 3 N–H and O–H groups in total. The van der Waals surface area contributed by atoms with E-state index < -0.39 is 17.8 Å². The van der Waals surface area contributed by atoms with Crippen LogP contribution in [0.15, 0.2) is 42.5 Å². The Morgan fingerprint density at radius 3 is 2.64 bits per heavy atom. The summed E-state index contributed by atoms with van der Waals surface area (Å²) in [6.45, 7) is 0.457. The number of carbonyl (C=O) groups is 2. The Hall–Kier alpha value is -2.44. The van der Waals surface area contributed by atoms with E-state index in [2.05, 4.69) is 5.32 Å². The SMILES string of the molecule is NC(=O)[C@H]1Cc2ccccc2CN1CC(=O)Nc1ccc(F)c(Cl)c1. The highest BCUT2D eigenvalue weighted by Crippen LogP contribution is 2.23. The van der Waals surface area contributed by atoms with Gasteiger partial charge in [-0.05, 0) is 35.7 Å². The van der Waals surface area contributed by atoms with Crippen molar-refractivity contribution in [3.63, 3.8) is 0 Å². The third-order valence-electron chi connectivity index (χ3n) is 4.22. The van der Waals surface area contributed by atoms with Crippen LogP contribution in [0.2, 0.25) is 5.02 Å². The van der Waals surface area contributed by atoms with Gasteiger partial charge in [0.1, 0.15) is 5.82 Å². The van der Waals surface area contributed by atoms with Crippen molar-refractivity contribution in [3.05, 3.63) is 64.4 Å². The van der Waals surface area contributed by atoms with Gasteiger partial charge >= 0.3 is 0 Å². The lowest BCUT2D eigenvalue weighted by Crippen LogP contribution is -2.50. The lowest BCUT2D eigenvalue weighted by atomic mass is 9.93. The van der Waals surface area contributed by atoms with E-state index in [0.29, 0.717) is 18.7 Å². The second-order valence-electron chi connectivity index (χ2n) is 5.97. The van der Waals surface area contributed by atoms with Crippen molar-refractivity contribution in [2.45, 2.75) is 19.0 Å². The van der Waals surface area contributed by atoms with E-state index in [1.54, 1.807) is 4.90 Å². The lowest BCUT2D eigenvalue weighted by molar-refractivity contribution is -0.125. The zero-order valence-electron chi connectivity index (χ0n) is 13.3. The normalized spacial score (nSPS) is 17.0. The van der Waals surface area contributed by atoms with Crippen LogP contribution in [0, 0.1) is 5.82 Å². The molecule has 2 aromatic rings. The molecule has 1 heterocycles. The highest BCUT2D eigenvalue weighted by atomic mass is 35.5. The second-order valence-corrected chi connectivity index (χ2v) is 6.38. The minimum absolute atomic E-state index is 0.00304. The van der Waals surface area contributed by atoms with E-state index in [1.165, 1.54) is 18.2 Å². The number of amides is 2. The van der Waals surface area contributed by atoms with E-state index in [1.807, 2.05) is 24.3 Å². The number of anilines is 1. The Morgan fingerprint density at radius 2 is 1.96 bits per heavy atom. The van der Waals surface area contributed by atoms with Gasteiger partial charge in [0.15, 0.2) is 0 Å². The van der Waals surface area contributed by atoms with Crippen molar-refractivity contribution < 1.29 is 14.0 Å². The van der Waals surface area contributed by atoms with E-state index >= 15 is 0 Å². The fourth-order valence-electron chi connectivity index (χ4n) is 2.98. The summed E-state index contributed by atoms with van der Waals surface area (Å²) >= 11 is 5.71. The number of fused-ring (bicyclic) bond motifs is 1. The maximum absolute atomic E-state index is 13.2. The fourth-order valence-corrected chi connectivity index (χ4v) is 3.16. The zero-order valence-corrected chi connectivity index (χ0v) is 14.1. The van der Waals surface area contributed by atoms with Gasteiger partial charge in [-0.2, -0.15) is 0 Å². The highest BCUT2D eigenvalue weighted by molar-refractivity contribution is 6.31. The molecular formula is C18H17ClFN3O2. The summed E-state index contributed by atoms with van der Waals surface area (Å²) < 4.78 is 13.2. The summed E-state index contributed by atoms with van der Waals surface area (Å²) in [4.78, 5) is 25.8. The molecule has 2 amide bonds. The number of halogens is 2. The van der Waals surface area contributed by atoms with Crippen LogP contribution in [-0.4, -0.2) is 29.3 Å². The molecule has 1 aliphatic rings. The van der Waals surface area contributed by atoms with Gasteiger partial charge in [0.2, 0.25) is 11.8 Å². The summed E-state index contributed by atoms with van der Waals surface area (Å²) in [5.74, 6) is -1.35. The molecule has 0 spiro atoms. The average Bonchev–Trinajstić information content (AvgIpc) is 2.57. The van der Waals surface area contributed by atoms with Gasteiger partial charge in [-0.25, -0.2) is 4.39 Å². The zero-order chi connectivity index (χ0) is 18.0. The Kier molecular flexibility index (Phi) is 5.01. The Bertz CT molecular complexity index is 828. The first-order valence-corrected chi connectivity index (χ1v) is 8.17. The summed E-state index contributed by atoms with van der Waals surface area (Å²) in [5.41, 5.74) is 8.03. The number of rotatable bonds is 4. The monoisotopic (exact) mass is 361 g/mol. The summed E-state index contributed by atoms with van der Waals surface area (Å²) in [5, 5.41) is 2.59. The van der Waals surface area contributed by atoms with Gasteiger partial charge in [0, 0.05) is 12.2 Å². The summed E-state index contributed by atoms with van der Waals surface area (Å²) in [7, 11) is 0. The molecule has 5 nitrogen and oxygen atoms in total. The average molecular weight is 362 g/mol. The van der Waals surface area contributed by atoms with E-state index in [4.69, 9.17) is 17.3 Å². The molecule has 1 atom stereocenters. The standard InChI is InChI=1S/C18H17ClFN3O2/c19-14-8-13(5-6-15(14)20)22-17(24)10-23-9-12-4-2-1-3-11(12)7-16(23)18(21)25/h1-6,8,16H,7,9-10H2,(H2,21,25)(H,22,24)/t16-/m1/s1. The molecule has 25 heavy (non-hydrogen) atoms. The van der Waals surface area contributed by atoms with Crippen LogP contribution < -0.4 is 11.1 Å². The van der Waals surface area contributed by atoms with Crippen molar-refractivity contribution in [1.29, 1.82) is 0 Å². The molecule has 1 aliphatic heterocycles. The molecule has 0 unspecified atom stereocenters. The minimum Gasteiger partial charge on any atom is -0.368 e. The van der Waals surface area contributed by atoms with Crippen molar-refractivity contribution in [2.75, 3.05) is 11.9 Å². The third kappa shape index (κ3) is 3.97. The maximum Gasteiger partial charge on any atom is 0.238 e. The molecule has 130 valence electrons. The molecule has 0 saturated heterocycles. The van der Waals surface area contributed by atoms with Gasteiger partial charge in [0.05, 0.1) is 17.6 Å². The molecule has 7 heteroatoms. The van der Waals surface area contributed by atoms with Crippen molar-refractivity contribution >= 4 is 29.1 Å². The van der Waals surface area contributed by atoms with Gasteiger partial charge in [0.25, 0.3) is 0 Å². The number of carbonyl (C=O) groups excluding carboxylic acids is 2. The summed E-state index contributed by atoms with van der Waals surface area (Å²) in [6, 6.07) is 11.2. The molecule has 0 bridgehead atoms. The van der Waals surface area contributed by atoms with Crippen molar-refractivity contribution in [2.24, 2.45) is 5.73 Å². The first kappa shape index (κ1) is 17.4. The van der Waals surface area contributed by atoms with Crippen LogP contribution >= 0.6 is 11.6 Å². The van der Waals surface area contributed by atoms with Crippen LogP contribution in [0.5, 0.6) is 0 Å². The number of hydrogen-bond donors (Lipinski definition) is 2. The summed E-state index contributed by atoms with van der Waals surface area (Å²) in [6.07, 6.45) is 0.473. The number of benzene rings is 2. The predicted octanol–water partition coefficient (Wildman–Crippen LogP) is 2.33. The van der Waals surface area contributed by atoms with Gasteiger partial charge < -0.3 is 11.1 Å². The van der Waals surface area contributed by atoms with Crippen molar-refractivity contribution in [1.82, 2.24) is 4.90 Å². The maximum atomic E-state index is 13.2. The molecule has 0 aromatic heterocycles. The number of primary amides is 1. The van der Waals surface area contributed by atoms with Crippen LogP contribution in [0.25, 0.3) is 0 Å². The fraction of sp³-hybridized carbons (Fsp3) is 0.222. The minimum atomic E-state index is -0.555. The Balaban J connectivity index is 1.72. The van der Waals surface area contributed by atoms with Gasteiger partial charge in [-0.15, -0.1) is 0 Å². The topological polar surface area (TPSA) is 75.4 Å². The number of nitrogens with zero attached hydrogens (tertiary/aromatic N) is 1. The highest BCUT2D eigenvalue weighted by Gasteiger charge is 2.31. The van der Waals surface area contributed by atoms with Crippen molar-refractivity contribution in [3.8, 4) is 0 Å². The smallest absolute Gasteiger partial charge is 0.238 e. The molecule has 2 aromatic carbocycles. The third-order valence-corrected chi connectivity index (χ3v) is 4.51. The van der Waals surface area contributed by atoms with Crippen LogP contribution in [0.4, 0.5) is 10.1 Å². The molecule has 0 fully saturated rings. The van der Waals surface area contributed by atoms with E-state index in [9.17, 15) is 14.0 Å². The van der Waals surface area contributed by atoms with Crippen LogP contribution in [0.1, 0.15) is 11.1 Å². The first-order chi connectivity index (χ1) is 11.9. The Morgan fingerprint density at radius 1 is 1.24 bits per heavy atom. The molecular weight excluding hydrogens is 345 g/mol. The largest absolute Gasteiger partial charge is 0.368 e. The van der Waals surface area contributed by atoms with Gasteiger partial charge in [-0.1, -0.05) is 35.9 Å². The lowest BCUT2D eigenvalue weighted by Gasteiger charge is -2.34. The van der Waals surface area contributed by atoms with Crippen LogP contribution in [-0.2, 0) is 22.6 Å². The molecule has 0 radical (unpaired) electrons. The van der Waals surface area contributed by atoms with Crippen LogP contribution in [0.3, 0.4) is 0 Å². The number of nitrogens with two attached hydrogens (primary N) is 1. The molecule has 0 saturated carbocycles. The Labute approximate surface area is 149 Å². The van der Waals surface area contributed by atoms with Gasteiger partial charge in [-0.3, -0.25) is 14.5 Å². The van der Waals surface area contributed by atoms with E-state index in [-0.39, 0.29) is 17.5 Å². The quantitative estimate of drug-likeness (QED) is 0.877. The number of nitrogens with one attached hydrogen (secondary N) is 1. The predicted molar refractivity (Wildman–Crippen MR) is 93.6 cm³/mol. The number of hydrogen-bond acceptors (Lipinski definition) is 3. The second kappa shape index (κ2) is 7.21. The molecule has 3 rings (SSSR count).